The summed E-state index contributed by atoms with van der Waals surface area (Å²) in [7, 11) is 4.17. The maximum atomic E-state index is 4.70. The van der Waals surface area contributed by atoms with Crippen LogP contribution >= 0.6 is 0 Å². The normalized spacial score (nSPS) is 21.9. The number of hydrogen-bond acceptors (Lipinski definition) is 3. The van der Waals surface area contributed by atoms with Gasteiger partial charge in [-0.3, -0.25) is 4.68 Å². The lowest BCUT2D eigenvalue weighted by Crippen LogP contribution is -2.18. The second-order valence-corrected chi connectivity index (χ2v) is 4.83. The van der Waals surface area contributed by atoms with Gasteiger partial charge >= 0.3 is 0 Å². The van der Waals surface area contributed by atoms with Crippen LogP contribution < -0.4 is 5.32 Å². The quantitative estimate of drug-likeness (QED) is 0.831. The smallest absolute Gasteiger partial charge is 0.0661 e. The number of aromatic nitrogens is 2. The Morgan fingerprint density at radius 1 is 1.44 bits per heavy atom. The van der Waals surface area contributed by atoms with Gasteiger partial charge in [0.1, 0.15) is 0 Å². The van der Waals surface area contributed by atoms with E-state index in [1.807, 2.05) is 7.05 Å². The van der Waals surface area contributed by atoms with E-state index in [0.29, 0.717) is 6.04 Å². The molecule has 1 aliphatic heterocycles. The van der Waals surface area contributed by atoms with Crippen molar-refractivity contribution in [2.24, 2.45) is 0 Å². The lowest BCUT2D eigenvalue weighted by Gasteiger charge is -2.13. The molecule has 2 rings (SSSR count). The van der Waals surface area contributed by atoms with Crippen molar-refractivity contribution in [1.82, 2.24) is 20.0 Å². The third-order valence-corrected chi connectivity index (χ3v) is 3.54. The Kier molecular flexibility index (Phi) is 3.30. The number of nitrogens with zero attached hydrogens (tertiary/aromatic N) is 3. The summed E-state index contributed by atoms with van der Waals surface area (Å²) < 4.78 is 2.23. The first kappa shape index (κ1) is 11.6. The lowest BCUT2D eigenvalue weighted by molar-refractivity contribution is 0.379. The van der Waals surface area contributed by atoms with Gasteiger partial charge in [0.25, 0.3) is 0 Å². The van der Waals surface area contributed by atoms with Crippen LogP contribution in [0.3, 0.4) is 0 Å². The van der Waals surface area contributed by atoms with Crippen LogP contribution in [-0.4, -0.2) is 41.9 Å². The monoisotopic (exact) mass is 222 g/mol. The topological polar surface area (TPSA) is 33.1 Å². The second kappa shape index (κ2) is 4.55. The first-order valence-electron chi connectivity index (χ1n) is 6.01. The standard InChI is InChI=1S/C12H22N4/c1-9-12(7-13-3)10(2)16(14-9)11-5-6-15(4)8-11/h11,13H,5-8H2,1-4H3. The molecule has 16 heavy (non-hydrogen) atoms. The van der Waals surface area contributed by atoms with Crippen molar-refractivity contribution in [3.63, 3.8) is 0 Å². The zero-order chi connectivity index (χ0) is 11.7. The molecule has 0 aliphatic carbocycles. The maximum absolute atomic E-state index is 4.70. The number of rotatable bonds is 3. The molecule has 1 atom stereocenters. The molecule has 4 nitrogen and oxygen atoms in total. The molecule has 90 valence electrons. The van der Waals surface area contributed by atoms with E-state index in [1.54, 1.807) is 0 Å². The molecule has 0 amide bonds. The fraction of sp³-hybridized carbons (Fsp3) is 0.750. The first-order chi connectivity index (χ1) is 7.63. The van der Waals surface area contributed by atoms with E-state index < -0.39 is 0 Å². The van der Waals surface area contributed by atoms with Crippen molar-refractivity contribution in [3.05, 3.63) is 17.0 Å². The van der Waals surface area contributed by atoms with Crippen LogP contribution in [0.15, 0.2) is 0 Å². The molecule has 0 radical (unpaired) electrons. The summed E-state index contributed by atoms with van der Waals surface area (Å²) in [5.41, 5.74) is 3.85. The van der Waals surface area contributed by atoms with Crippen LogP contribution in [0, 0.1) is 13.8 Å². The molecule has 1 unspecified atom stereocenters. The Labute approximate surface area is 97.6 Å². The zero-order valence-electron chi connectivity index (χ0n) is 10.7. The molecular weight excluding hydrogens is 200 g/mol. The lowest BCUT2D eigenvalue weighted by atomic mass is 10.2. The predicted molar refractivity (Wildman–Crippen MR) is 65.6 cm³/mol. The highest BCUT2D eigenvalue weighted by Crippen LogP contribution is 2.24. The van der Waals surface area contributed by atoms with Gasteiger partial charge in [-0.05, 0) is 40.9 Å². The van der Waals surface area contributed by atoms with Gasteiger partial charge in [-0.2, -0.15) is 5.10 Å². The van der Waals surface area contributed by atoms with Crippen LogP contribution in [-0.2, 0) is 6.54 Å². The Morgan fingerprint density at radius 2 is 2.19 bits per heavy atom. The van der Waals surface area contributed by atoms with Crippen molar-refractivity contribution in [2.45, 2.75) is 32.9 Å². The number of aryl methyl sites for hydroxylation is 1. The van der Waals surface area contributed by atoms with E-state index in [0.717, 1.165) is 13.1 Å². The summed E-state index contributed by atoms with van der Waals surface area (Å²) >= 11 is 0. The van der Waals surface area contributed by atoms with Crippen molar-refractivity contribution in [3.8, 4) is 0 Å². The molecule has 1 saturated heterocycles. The number of likely N-dealkylation sites (tertiary alicyclic amines) is 1. The van der Waals surface area contributed by atoms with Crippen LogP contribution in [0.4, 0.5) is 0 Å². The Morgan fingerprint density at radius 3 is 2.75 bits per heavy atom. The molecule has 4 heteroatoms. The Bertz CT molecular complexity index is 369. The minimum Gasteiger partial charge on any atom is -0.316 e. The highest BCUT2D eigenvalue weighted by molar-refractivity contribution is 5.25. The van der Waals surface area contributed by atoms with Crippen molar-refractivity contribution in [1.29, 1.82) is 0 Å². The molecule has 1 aromatic heterocycles. The largest absolute Gasteiger partial charge is 0.316 e. The van der Waals surface area contributed by atoms with Gasteiger partial charge in [-0.15, -0.1) is 0 Å². The fourth-order valence-corrected chi connectivity index (χ4v) is 2.60. The predicted octanol–water partition coefficient (Wildman–Crippen LogP) is 1.10. The van der Waals surface area contributed by atoms with Crippen LogP contribution in [0.25, 0.3) is 0 Å². The summed E-state index contributed by atoms with van der Waals surface area (Å²) in [6.45, 7) is 7.52. The van der Waals surface area contributed by atoms with Crippen LogP contribution in [0.1, 0.15) is 29.4 Å². The van der Waals surface area contributed by atoms with Gasteiger partial charge in [-0.25, -0.2) is 0 Å². The third kappa shape index (κ3) is 1.99. The van der Waals surface area contributed by atoms with E-state index in [-0.39, 0.29) is 0 Å². The maximum Gasteiger partial charge on any atom is 0.0661 e. The first-order valence-corrected chi connectivity index (χ1v) is 6.01. The van der Waals surface area contributed by atoms with Crippen molar-refractivity contribution in [2.75, 3.05) is 27.2 Å². The summed E-state index contributed by atoms with van der Waals surface area (Å²) in [5, 5.41) is 7.91. The van der Waals surface area contributed by atoms with E-state index >= 15 is 0 Å². The Hall–Kier alpha value is -0.870. The average molecular weight is 222 g/mol. The van der Waals surface area contributed by atoms with Crippen LogP contribution in [0.2, 0.25) is 0 Å². The van der Waals surface area contributed by atoms with Gasteiger partial charge in [0, 0.05) is 24.3 Å². The minimum absolute atomic E-state index is 0.564. The van der Waals surface area contributed by atoms with Crippen molar-refractivity contribution < 1.29 is 0 Å². The number of nitrogens with one attached hydrogen (secondary N) is 1. The van der Waals surface area contributed by atoms with E-state index in [1.165, 1.54) is 29.9 Å². The van der Waals surface area contributed by atoms with Crippen LogP contribution in [0.5, 0.6) is 0 Å². The average Bonchev–Trinajstić information content (AvgIpc) is 2.77. The minimum atomic E-state index is 0.564. The Balaban J connectivity index is 2.25. The highest BCUT2D eigenvalue weighted by Gasteiger charge is 2.24. The highest BCUT2D eigenvalue weighted by atomic mass is 15.3. The zero-order valence-corrected chi connectivity index (χ0v) is 10.7. The summed E-state index contributed by atoms with van der Waals surface area (Å²) in [4.78, 5) is 2.37. The molecule has 0 aromatic carbocycles. The molecule has 1 N–H and O–H groups in total. The van der Waals surface area contributed by atoms with Gasteiger partial charge in [-0.1, -0.05) is 0 Å². The van der Waals surface area contributed by atoms with Gasteiger partial charge in [0.15, 0.2) is 0 Å². The molecule has 1 aromatic rings. The third-order valence-electron chi connectivity index (χ3n) is 3.54. The SMILES string of the molecule is CNCc1c(C)nn(C2CCN(C)C2)c1C. The molecular formula is C12H22N4. The van der Waals surface area contributed by atoms with Crippen molar-refractivity contribution >= 4 is 0 Å². The number of hydrogen-bond donors (Lipinski definition) is 1. The molecule has 0 bridgehead atoms. The molecule has 0 saturated carbocycles. The van der Waals surface area contributed by atoms with E-state index in [2.05, 4.69) is 35.8 Å². The van der Waals surface area contributed by atoms with E-state index in [4.69, 9.17) is 5.10 Å². The van der Waals surface area contributed by atoms with Gasteiger partial charge < -0.3 is 10.2 Å². The molecule has 2 heterocycles. The fourth-order valence-electron chi connectivity index (χ4n) is 2.60. The summed E-state index contributed by atoms with van der Waals surface area (Å²) in [6, 6.07) is 0.564. The molecule has 1 aliphatic rings. The summed E-state index contributed by atoms with van der Waals surface area (Å²) in [5.74, 6) is 0. The van der Waals surface area contributed by atoms with Gasteiger partial charge in [0.2, 0.25) is 0 Å². The summed E-state index contributed by atoms with van der Waals surface area (Å²) in [6.07, 6.45) is 1.22. The van der Waals surface area contributed by atoms with E-state index in [9.17, 15) is 0 Å². The number of likely N-dealkylation sites (N-methyl/N-ethyl adjacent to an activating group) is 1. The molecule has 0 spiro atoms. The molecule has 1 fully saturated rings. The van der Waals surface area contributed by atoms with Gasteiger partial charge in [0.05, 0.1) is 11.7 Å². The second-order valence-electron chi connectivity index (χ2n) is 4.83.